The zero-order chi connectivity index (χ0) is 9.97. The van der Waals surface area contributed by atoms with E-state index in [0.29, 0.717) is 0 Å². The molecule has 0 aliphatic heterocycles. The Balaban J connectivity index is 2.40. The Hall–Kier alpha value is -0.600. The molecule has 0 saturated carbocycles. The second-order valence-electron chi connectivity index (χ2n) is 2.85. The minimum absolute atomic E-state index is 0.974. The van der Waals surface area contributed by atoms with Crippen LogP contribution in [0.15, 0.2) is 45.3 Å². The molecule has 0 unspecified atom stereocenters. The zero-order valence-electron chi connectivity index (χ0n) is 7.22. The maximum absolute atomic E-state index is 3.36. The Morgan fingerprint density at radius 1 is 0.714 bits per heavy atom. The molecule has 14 heavy (non-hydrogen) atoms. The third-order valence-corrected chi connectivity index (χ3v) is 2.87. The van der Waals surface area contributed by atoms with Gasteiger partial charge in [-0.2, -0.15) is 0 Å². The number of rotatable bonds is 1. The van der Waals surface area contributed by atoms with Gasteiger partial charge in [0.05, 0.1) is 0 Å². The first-order valence-electron chi connectivity index (χ1n) is 4.10. The van der Waals surface area contributed by atoms with Crippen molar-refractivity contribution in [1.82, 2.24) is 0 Å². The molecule has 0 saturated heterocycles. The summed E-state index contributed by atoms with van der Waals surface area (Å²) in [6.45, 7) is 0. The molecule has 0 amide bonds. The van der Waals surface area contributed by atoms with Crippen LogP contribution in [-0.4, -0.2) is 0 Å². The van der Waals surface area contributed by atoms with E-state index in [1.165, 1.54) is 0 Å². The van der Waals surface area contributed by atoms with Crippen LogP contribution in [0.5, 0.6) is 0 Å². The van der Waals surface area contributed by atoms with E-state index in [4.69, 9.17) is 0 Å². The third kappa shape index (κ3) is 2.25. The van der Waals surface area contributed by atoms with E-state index in [1.807, 2.05) is 24.3 Å². The molecule has 0 aliphatic carbocycles. The minimum Gasteiger partial charge on any atom is -0.0532 e. The summed E-state index contributed by atoms with van der Waals surface area (Å²) >= 11 is 6.72. The van der Waals surface area contributed by atoms with Crippen LogP contribution in [0.1, 0.15) is 0 Å². The smallest absolute Gasteiger partial charge is 0.0254 e. The maximum atomic E-state index is 3.36. The van der Waals surface area contributed by atoms with Crippen molar-refractivity contribution in [2.24, 2.45) is 0 Å². The van der Waals surface area contributed by atoms with Gasteiger partial charge in [0.15, 0.2) is 0 Å². The number of benzene rings is 2. The highest BCUT2D eigenvalue weighted by molar-refractivity contribution is 9.10. The van der Waals surface area contributed by atoms with Gasteiger partial charge < -0.3 is 0 Å². The Labute approximate surface area is 100 Å². The van der Waals surface area contributed by atoms with Crippen LogP contribution in [0.25, 0.3) is 11.1 Å². The van der Waals surface area contributed by atoms with Crippen molar-refractivity contribution in [1.29, 1.82) is 0 Å². The van der Waals surface area contributed by atoms with Crippen molar-refractivity contribution >= 4 is 31.9 Å². The van der Waals surface area contributed by atoms with Crippen LogP contribution in [0.4, 0.5) is 0 Å². The van der Waals surface area contributed by atoms with Gasteiger partial charge in [0.1, 0.15) is 0 Å². The predicted molar refractivity (Wildman–Crippen MR) is 65.0 cm³/mol. The van der Waals surface area contributed by atoms with Crippen LogP contribution in [0.3, 0.4) is 0 Å². The van der Waals surface area contributed by atoms with Crippen LogP contribution >= 0.6 is 31.9 Å². The van der Waals surface area contributed by atoms with Gasteiger partial charge in [0.2, 0.25) is 0 Å². The van der Waals surface area contributed by atoms with E-state index in [0.717, 1.165) is 20.1 Å². The lowest BCUT2D eigenvalue weighted by molar-refractivity contribution is 1.56. The summed E-state index contributed by atoms with van der Waals surface area (Å²) in [5.74, 6) is 0. The van der Waals surface area contributed by atoms with Gasteiger partial charge in [-0.3, -0.25) is 0 Å². The highest BCUT2D eigenvalue weighted by Gasteiger charge is 1.96. The van der Waals surface area contributed by atoms with E-state index < -0.39 is 0 Å². The Kier molecular flexibility index (Phi) is 3.04. The number of halogens is 2. The molecule has 2 radical (unpaired) electrons. The van der Waals surface area contributed by atoms with Crippen LogP contribution in [0, 0.1) is 12.1 Å². The highest BCUT2D eigenvalue weighted by Crippen LogP contribution is 2.22. The van der Waals surface area contributed by atoms with Gasteiger partial charge in [0, 0.05) is 8.95 Å². The van der Waals surface area contributed by atoms with E-state index in [9.17, 15) is 0 Å². The molecular formula is C12H6Br2. The topological polar surface area (TPSA) is 0 Å². The van der Waals surface area contributed by atoms with E-state index in [1.54, 1.807) is 0 Å². The summed E-state index contributed by atoms with van der Waals surface area (Å²) in [5, 5.41) is 0. The molecule has 0 aromatic heterocycles. The van der Waals surface area contributed by atoms with Crippen molar-refractivity contribution < 1.29 is 0 Å². The Morgan fingerprint density at radius 2 is 1.14 bits per heavy atom. The first-order chi connectivity index (χ1) is 6.75. The molecule has 68 valence electrons. The molecule has 0 bridgehead atoms. The van der Waals surface area contributed by atoms with Crippen LogP contribution < -0.4 is 0 Å². The maximum Gasteiger partial charge on any atom is 0.0254 e. The van der Waals surface area contributed by atoms with Gasteiger partial charge in [0.25, 0.3) is 0 Å². The monoisotopic (exact) mass is 308 g/mol. The molecular weight excluding hydrogens is 304 g/mol. The largest absolute Gasteiger partial charge is 0.0532 e. The minimum atomic E-state index is 0.974. The first-order valence-corrected chi connectivity index (χ1v) is 5.69. The fourth-order valence-corrected chi connectivity index (χ4v) is 1.66. The van der Waals surface area contributed by atoms with Crippen molar-refractivity contribution in [3.63, 3.8) is 0 Å². The van der Waals surface area contributed by atoms with E-state index in [2.05, 4.69) is 56.1 Å². The quantitative estimate of drug-likeness (QED) is 0.728. The molecule has 2 heteroatoms. The average Bonchev–Trinajstić information content (AvgIpc) is 2.21. The summed E-state index contributed by atoms with van der Waals surface area (Å²) in [5.41, 5.74) is 2.30. The SMILES string of the molecule is Brc1[c]cc(-c2c[c]c(Br)cc2)cc1. The van der Waals surface area contributed by atoms with Crippen molar-refractivity contribution in [3.05, 3.63) is 57.5 Å². The van der Waals surface area contributed by atoms with Gasteiger partial charge in [-0.25, -0.2) is 0 Å². The summed E-state index contributed by atoms with van der Waals surface area (Å²) < 4.78 is 1.95. The van der Waals surface area contributed by atoms with Crippen LogP contribution in [0.2, 0.25) is 0 Å². The van der Waals surface area contributed by atoms with Crippen LogP contribution in [-0.2, 0) is 0 Å². The summed E-state index contributed by atoms with van der Waals surface area (Å²) in [6.07, 6.45) is 0. The van der Waals surface area contributed by atoms with Gasteiger partial charge >= 0.3 is 0 Å². The lowest BCUT2D eigenvalue weighted by Crippen LogP contribution is -1.77. The number of hydrogen-bond donors (Lipinski definition) is 0. The first kappa shape index (κ1) is 9.94. The third-order valence-electron chi connectivity index (χ3n) is 1.88. The molecule has 0 spiro atoms. The van der Waals surface area contributed by atoms with Crippen molar-refractivity contribution in [2.75, 3.05) is 0 Å². The Bertz CT molecular complexity index is 372. The summed E-state index contributed by atoms with van der Waals surface area (Å²) in [7, 11) is 0. The summed E-state index contributed by atoms with van der Waals surface area (Å²) in [6, 6.07) is 18.2. The lowest BCUT2D eigenvalue weighted by Gasteiger charge is -2.00. The summed E-state index contributed by atoms with van der Waals surface area (Å²) in [4.78, 5) is 0. The molecule has 2 aromatic rings. The molecule has 0 atom stereocenters. The molecule has 2 rings (SSSR count). The molecule has 0 heterocycles. The fourth-order valence-electron chi connectivity index (χ4n) is 1.17. The molecule has 0 nitrogen and oxygen atoms in total. The predicted octanol–water partition coefficient (Wildman–Crippen LogP) is 4.48. The molecule has 0 N–H and O–H groups in total. The molecule has 0 fully saturated rings. The van der Waals surface area contributed by atoms with E-state index in [-0.39, 0.29) is 0 Å². The van der Waals surface area contributed by atoms with Gasteiger partial charge in [-0.1, -0.05) is 44.0 Å². The van der Waals surface area contributed by atoms with Gasteiger partial charge in [-0.15, -0.1) is 0 Å². The van der Waals surface area contributed by atoms with Crippen molar-refractivity contribution in [3.8, 4) is 11.1 Å². The number of hydrogen-bond acceptors (Lipinski definition) is 0. The highest BCUT2D eigenvalue weighted by atomic mass is 79.9. The fraction of sp³-hybridized carbons (Fsp3) is 0. The standard InChI is InChI=1S/C12H6Br2/c13-11-5-1-9(2-6-11)10-3-7-12(14)8-4-10/h1-5,7H. The Morgan fingerprint density at radius 3 is 1.43 bits per heavy atom. The van der Waals surface area contributed by atoms with Gasteiger partial charge in [-0.05, 0) is 47.5 Å². The molecule has 2 aromatic carbocycles. The normalized spacial score (nSPS) is 10.1. The second kappa shape index (κ2) is 4.28. The lowest BCUT2D eigenvalue weighted by atomic mass is 10.1. The van der Waals surface area contributed by atoms with Crippen molar-refractivity contribution in [2.45, 2.75) is 0 Å². The molecule has 0 aliphatic rings. The average molecular weight is 310 g/mol. The zero-order valence-corrected chi connectivity index (χ0v) is 10.4. The second-order valence-corrected chi connectivity index (χ2v) is 4.56. The van der Waals surface area contributed by atoms with E-state index >= 15 is 0 Å².